The first-order valence-electron chi connectivity index (χ1n) is 8.20. The third kappa shape index (κ3) is 3.81. The van der Waals surface area contributed by atoms with Crippen LogP contribution in [0.25, 0.3) is 0 Å². The van der Waals surface area contributed by atoms with Gasteiger partial charge in [0.15, 0.2) is 0 Å². The van der Waals surface area contributed by atoms with Gasteiger partial charge in [0.05, 0.1) is 0 Å². The molecule has 1 aliphatic heterocycles. The van der Waals surface area contributed by atoms with Crippen molar-refractivity contribution in [1.82, 2.24) is 5.32 Å². The molecule has 2 fully saturated rings. The minimum atomic E-state index is 0.417. The fraction of sp³-hybridized carbons (Fsp3) is 0.667. The summed E-state index contributed by atoms with van der Waals surface area (Å²) in [5.74, 6) is 0.799. The van der Waals surface area contributed by atoms with Crippen LogP contribution in [-0.4, -0.2) is 19.1 Å². The van der Waals surface area contributed by atoms with E-state index in [2.05, 4.69) is 65.1 Å². The highest BCUT2D eigenvalue weighted by Crippen LogP contribution is 2.36. The van der Waals surface area contributed by atoms with Crippen LogP contribution in [0.4, 0.5) is 5.69 Å². The van der Waals surface area contributed by atoms with Gasteiger partial charge in [0, 0.05) is 35.8 Å². The summed E-state index contributed by atoms with van der Waals surface area (Å²) < 4.78 is 1.24. The van der Waals surface area contributed by atoms with Crippen LogP contribution in [0.3, 0.4) is 0 Å². The molecular weight excluding hydrogens is 324 g/mol. The smallest absolute Gasteiger partial charge is 0.0377 e. The summed E-state index contributed by atoms with van der Waals surface area (Å²) in [6.45, 7) is 10.5. The molecule has 0 amide bonds. The van der Waals surface area contributed by atoms with Crippen LogP contribution in [0.15, 0.2) is 22.7 Å². The Balaban J connectivity index is 1.64. The van der Waals surface area contributed by atoms with Crippen molar-refractivity contribution >= 4 is 21.6 Å². The van der Waals surface area contributed by atoms with Crippen LogP contribution in [0.5, 0.6) is 0 Å². The highest BCUT2D eigenvalue weighted by atomic mass is 79.9. The molecule has 1 unspecified atom stereocenters. The predicted molar refractivity (Wildman–Crippen MR) is 93.8 cm³/mol. The standard InChI is InChI=1S/C18H27BrN2/c1-18(2,3)14-8-9-21(12-14)16-7-4-13(17(19)10-16)11-20-15-5-6-15/h4,7,10,14-15,20H,5-6,8-9,11-12H2,1-3H3. The molecule has 3 rings (SSSR count). The van der Waals surface area contributed by atoms with Crippen LogP contribution in [0, 0.1) is 11.3 Å². The molecule has 0 radical (unpaired) electrons. The molecule has 1 N–H and O–H groups in total. The third-order valence-corrected chi connectivity index (χ3v) is 5.71. The fourth-order valence-corrected chi connectivity index (χ4v) is 3.63. The SMILES string of the molecule is CC(C)(C)C1CCN(c2ccc(CNC3CC3)c(Br)c2)C1. The first-order valence-corrected chi connectivity index (χ1v) is 8.99. The minimum absolute atomic E-state index is 0.417. The van der Waals surface area contributed by atoms with Gasteiger partial charge in [-0.1, -0.05) is 42.8 Å². The zero-order valence-electron chi connectivity index (χ0n) is 13.5. The first kappa shape index (κ1) is 15.4. The summed E-state index contributed by atoms with van der Waals surface area (Å²) in [6, 6.07) is 7.64. The maximum absolute atomic E-state index is 3.75. The minimum Gasteiger partial charge on any atom is -0.371 e. The van der Waals surface area contributed by atoms with Gasteiger partial charge >= 0.3 is 0 Å². The number of hydrogen-bond donors (Lipinski definition) is 1. The van der Waals surface area contributed by atoms with Gasteiger partial charge in [0.25, 0.3) is 0 Å². The second kappa shape index (κ2) is 5.92. The maximum Gasteiger partial charge on any atom is 0.0377 e. The third-order valence-electron chi connectivity index (χ3n) is 4.97. The fourth-order valence-electron chi connectivity index (χ4n) is 3.12. The van der Waals surface area contributed by atoms with Crippen molar-refractivity contribution < 1.29 is 0 Å². The normalized spacial score (nSPS) is 22.9. The molecule has 1 aromatic carbocycles. The van der Waals surface area contributed by atoms with Crippen molar-refractivity contribution in [3.05, 3.63) is 28.2 Å². The van der Waals surface area contributed by atoms with E-state index in [1.165, 1.54) is 48.1 Å². The second-order valence-electron chi connectivity index (χ2n) is 7.73. The number of nitrogens with zero attached hydrogens (tertiary/aromatic N) is 1. The summed E-state index contributed by atoms with van der Waals surface area (Å²) >= 11 is 3.75. The van der Waals surface area contributed by atoms with Crippen molar-refractivity contribution in [3.8, 4) is 0 Å². The van der Waals surface area contributed by atoms with E-state index in [-0.39, 0.29) is 0 Å². The lowest BCUT2D eigenvalue weighted by Crippen LogP contribution is -2.25. The van der Waals surface area contributed by atoms with Gasteiger partial charge in [0.1, 0.15) is 0 Å². The van der Waals surface area contributed by atoms with Crippen LogP contribution in [0.2, 0.25) is 0 Å². The average Bonchev–Trinajstić information content (AvgIpc) is 3.09. The maximum atomic E-state index is 3.75. The van der Waals surface area contributed by atoms with Crippen molar-refractivity contribution in [1.29, 1.82) is 0 Å². The van der Waals surface area contributed by atoms with E-state index in [1.54, 1.807) is 0 Å². The van der Waals surface area contributed by atoms with Crippen molar-refractivity contribution in [2.75, 3.05) is 18.0 Å². The summed E-state index contributed by atoms with van der Waals surface area (Å²) in [7, 11) is 0. The number of halogens is 1. The average molecular weight is 351 g/mol. The molecule has 1 atom stereocenters. The Hall–Kier alpha value is -0.540. The van der Waals surface area contributed by atoms with Gasteiger partial charge in [0.2, 0.25) is 0 Å². The predicted octanol–water partition coefficient (Wildman–Crippen LogP) is 4.57. The van der Waals surface area contributed by atoms with Gasteiger partial charge < -0.3 is 10.2 Å². The van der Waals surface area contributed by atoms with Crippen LogP contribution >= 0.6 is 15.9 Å². The van der Waals surface area contributed by atoms with E-state index in [0.29, 0.717) is 5.41 Å². The Morgan fingerprint density at radius 3 is 2.57 bits per heavy atom. The second-order valence-corrected chi connectivity index (χ2v) is 8.58. The summed E-state index contributed by atoms with van der Waals surface area (Å²) in [5, 5.41) is 3.59. The number of anilines is 1. The number of nitrogens with one attached hydrogen (secondary N) is 1. The molecule has 1 saturated heterocycles. The Bertz CT molecular complexity index is 502. The molecule has 3 heteroatoms. The molecule has 1 saturated carbocycles. The summed E-state index contributed by atoms with van der Waals surface area (Å²) in [5.41, 5.74) is 3.15. The molecule has 2 nitrogen and oxygen atoms in total. The highest BCUT2D eigenvalue weighted by Gasteiger charge is 2.31. The number of rotatable bonds is 4. The molecule has 0 spiro atoms. The molecule has 1 aliphatic carbocycles. The molecule has 2 aliphatic rings. The van der Waals surface area contributed by atoms with E-state index in [4.69, 9.17) is 0 Å². The van der Waals surface area contributed by atoms with Crippen molar-refractivity contribution in [2.45, 2.75) is 52.6 Å². The Kier molecular flexibility index (Phi) is 4.33. The Morgan fingerprint density at radius 2 is 2.00 bits per heavy atom. The topological polar surface area (TPSA) is 15.3 Å². The number of hydrogen-bond acceptors (Lipinski definition) is 2. The van der Waals surface area contributed by atoms with Gasteiger partial charge in [-0.25, -0.2) is 0 Å². The Labute approximate surface area is 137 Å². The van der Waals surface area contributed by atoms with Crippen molar-refractivity contribution in [2.24, 2.45) is 11.3 Å². The quantitative estimate of drug-likeness (QED) is 0.855. The lowest BCUT2D eigenvalue weighted by atomic mass is 9.80. The Morgan fingerprint density at radius 1 is 1.24 bits per heavy atom. The molecule has 1 heterocycles. The first-order chi connectivity index (χ1) is 9.93. The van der Waals surface area contributed by atoms with E-state index in [9.17, 15) is 0 Å². The van der Waals surface area contributed by atoms with Crippen LogP contribution < -0.4 is 10.2 Å². The van der Waals surface area contributed by atoms with Crippen LogP contribution in [-0.2, 0) is 6.54 Å². The molecular formula is C18H27BrN2. The molecule has 1 aromatic rings. The van der Waals surface area contributed by atoms with E-state index in [0.717, 1.165) is 18.5 Å². The summed E-state index contributed by atoms with van der Waals surface area (Å²) in [4.78, 5) is 2.54. The largest absolute Gasteiger partial charge is 0.371 e. The van der Waals surface area contributed by atoms with Gasteiger partial charge in [-0.15, -0.1) is 0 Å². The molecule has 21 heavy (non-hydrogen) atoms. The van der Waals surface area contributed by atoms with Crippen molar-refractivity contribution in [3.63, 3.8) is 0 Å². The van der Waals surface area contributed by atoms with E-state index >= 15 is 0 Å². The molecule has 0 bridgehead atoms. The van der Waals surface area contributed by atoms with Gasteiger partial charge in [-0.3, -0.25) is 0 Å². The van der Waals surface area contributed by atoms with Gasteiger partial charge in [-0.2, -0.15) is 0 Å². The zero-order valence-corrected chi connectivity index (χ0v) is 15.0. The molecule has 116 valence electrons. The highest BCUT2D eigenvalue weighted by molar-refractivity contribution is 9.10. The zero-order chi connectivity index (χ0) is 15.0. The summed E-state index contributed by atoms with van der Waals surface area (Å²) in [6.07, 6.45) is 4.00. The monoisotopic (exact) mass is 350 g/mol. The lowest BCUT2D eigenvalue weighted by molar-refractivity contribution is 0.263. The molecule has 0 aromatic heterocycles. The van der Waals surface area contributed by atoms with E-state index < -0.39 is 0 Å². The van der Waals surface area contributed by atoms with Crippen LogP contribution in [0.1, 0.15) is 45.6 Å². The van der Waals surface area contributed by atoms with E-state index in [1.807, 2.05) is 0 Å². The lowest BCUT2D eigenvalue weighted by Gasteiger charge is -2.27. The number of benzene rings is 1. The van der Waals surface area contributed by atoms with Gasteiger partial charge in [-0.05, 0) is 48.3 Å².